The van der Waals surface area contributed by atoms with Crippen molar-refractivity contribution < 1.29 is 4.74 Å². The van der Waals surface area contributed by atoms with E-state index >= 15 is 0 Å². The van der Waals surface area contributed by atoms with Crippen molar-refractivity contribution in [3.63, 3.8) is 0 Å². The molecular weight excluding hydrogens is 220 g/mol. The van der Waals surface area contributed by atoms with Crippen molar-refractivity contribution in [3.8, 4) is 0 Å². The largest absolute Gasteiger partial charge is 0.392 e. The molecule has 0 aromatic heterocycles. The minimum absolute atomic E-state index is 0.0610. The monoisotopic (exact) mass is 244 g/mol. The van der Waals surface area contributed by atoms with E-state index < -0.39 is 0 Å². The number of hydrogen-bond donors (Lipinski definition) is 1. The van der Waals surface area contributed by atoms with Crippen molar-refractivity contribution >= 4 is 17.2 Å². The molecule has 2 N–H and O–H groups in total. The Hall–Kier alpha value is -0.190. The molecule has 1 aliphatic heterocycles. The smallest absolute Gasteiger partial charge is 0.0902 e. The van der Waals surface area contributed by atoms with E-state index in [4.69, 9.17) is 22.7 Å². The zero-order valence-corrected chi connectivity index (χ0v) is 11.5. The number of nitrogens with zero attached hydrogens (tertiary/aromatic N) is 1. The Morgan fingerprint density at radius 3 is 2.69 bits per heavy atom. The second-order valence-electron chi connectivity index (χ2n) is 5.41. The molecule has 0 aromatic rings. The number of rotatable bonds is 4. The van der Waals surface area contributed by atoms with Crippen molar-refractivity contribution in [3.05, 3.63) is 0 Å². The van der Waals surface area contributed by atoms with Gasteiger partial charge in [-0.2, -0.15) is 0 Å². The van der Waals surface area contributed by atoms with Gasteiger partial charge in [-0.15, -0.1) is 0 Å². The number of ether oxygens (including phenoxy) is 1. The zero-order valence-electron chi connectivity index (χ0n) is 10.7. The van der Waals surface area contributed by atoms with Crippen LogP contribution in [0.1, 0.15) is 40.0 Å². The third kappa shape index (κ3) is 4.76. The Morgan fingerprint density at radius 2 is 2.12 bits per heavy atom. The van der Waals surface area contributed by atoms with Crippen LogP contribution < -0.4 is 5.73 Å². The van der Waals surface area contributed by atoms with Crippen molar-refractivity contribution in [2.24, 2.45) is 5.73 Å². The van der Waals surface area contributed by atoms with E-state index in [-0.39, 0.29) is 11.6 Å². The van der Waals surface area contributed by atoms with E-state index in [0.717, 1.165) is 26.1 Å². The average Bonchev–Trinajstić information content (AvgIpc) is 2.16. The maximum atomic E-state index is 5.76. The van der Waals surface area contributed by atoms with Gasteiger partial charge in [0.1, 0.15) is 0 Å². The lowest BCUT2D eigenvalue weighted by Crippen LogP contribution is -2.48. The first kappa shape index (κ1) is 13.9. The molecule has 0 saturated carbocycles. The van der Waals surface area contributed by atoms with Crippen LogP contribution in [0.4, 0.5) is 0 Å². The van der Waals surface area contributed by atoms with Crippen LogP contribution in [0.25, 0.3) is 0 Å². The van der Waals surface area contributed by atoms with E-state index in [9.17, 15) is 0 Å². The van der Waals surface area contributed by atoms with E-state index in [1.165, 1.54) is 12.8 Å². The minimum atomic E-state index is -0.0610. The summed E-state index contributed by atoms with van der Waals surface area (Å²) in [5, 5.41) is 0. The van der Waals surface area contributed by atoms with Crippen LogP contribution in [0.3, 0.4) is 0 Å². The molecule has 0 radical (unpaired) electrons. The molecule has 1 aliphatic rings. The van der Waals surface area contributed by atoms with Crippen LogP contribution in [0.5, 0.6) is 0 Å². The van der Waals surface area contributed by atoms with Crippen molar-refractivity contribution in [1.82, 2.24) is 4.90 Å². The highest BCUT2D eigenvalue weighted by Gasteiger charge is 2.24. The summed E-state index contributed by atoms with van der Waals surface area (Å²) in [5.41, 5.74) is 5.70. The molecule has 1 heterocycles. The van der Waals surface area contributed by atoms with Crippen molar-refractivity contribution in [2.75, 3.05) is 19.7 Å². The highest BCUT2D eigenvalue weighted by molar-refractivity contribution is 7.80. The second kappa shape index (κ2) is 5.94. The zero-order chi connectivity index (χ0) is 12.2. The molecule has 1 fully saturated rings. The van der Waals surface area contributed by atoms with Crippen LogP contribution in [-0.4, -0.2) is 41.2 Å². The molecule has 16 heavy (non-hydrogen) atoms. The number of hydrogen-bond acceptors (Lipinski definition) is 3. The Balaban J connectivity index is 2.36. The fraction of sp³-hybridized carbons (Fsp3) is 0.917. The molecule has 1 rings (SSSR count). The minimum Gasteiger partial charge on any atom is -0.392 e. The average molecular weight is 244 g/mol. The highest BCUT2D eigenvalue weighted by Crippen LogP contribution is 2.17. The summed E-state index contributed by atoms with van der Waals surface area (Å²) >= 11 is 5.11. The summed E-state index contributed by atoms with van der Waals surface area (Å²) in [6.07, 6.45) is 3.58. The van der Waals surface area contributed by atoms with Gasteiger partial charge in [0.25, 0.3) is 0 Å². The number of nitrogens with two attached hydrogens (primary N) is 1. The van der Waals surface area contributed by atoms with E-state index in [2.05, 4.69) is 25.7 Å². The molecule has 94 valence electrons. The summed E-state index contributed by atoms with van der Waals surface area (Å²) in [7, 11) is 0. The van der Waals surface area contributed by atoms with Crippen LogP contribution in [0, 0.1) is 0 Å². The van der Waals surface area contributed by atoms with Gasteiger partial charge in [0, 0.05) is 6.54 Å². The molecule has 0 aliphatic carbocycles. The number of likely N-dealkylation sites (tertiary alicyclic amines) is 1. The maximum Gasteiger partial charge on any atom is 0.0902 e. The molecule has 4 heteroatoms. The summed E-state index contributed by atoms with van der Waals surface area (Å²) in [6.45, 7) is 9.01. The molecule has 3 nitrogen and oxygen atoms in total. The maximum absolute atomic E-state index is 5.76. The van der Waals surface area contributed by atoms with Crippen LogP contribution in [0.15, 0.2) is 0 Å². The first-order valence-electron chi connectivity index (χ1n) is 6.07. The Kier molecular flexibility index (Phi) is 5.15. The third-order valence-corrected chi connectivity index (χ3v) is 3.13. The Bertz CT molecular complexity index is 238. The van der Waals surface area contributed by atoms with Gasteiger partial charge in [-0.05, 0) is 40.2 Å². The first-order valence-corrected chi connectivity index (χ1v) is 6.48. The standard InChI is InChI=1S/C12H24N2OS/c1-12(2,3)15-9-8-14-7-5-4-6-10(14)11(13)16/h10H,4-9H2,1-3H3,(H2,13,16). The van der Waals surface area contributed by atoms with Gasteiger partial charge in [-0.3, -0.25) is 4.90 Å². The normalized spacial score (nSPS) is 23.3. The van der Waals surface area contributed by atoms with Crippen molar-refractivity contribution in [2.45, 2.75) is 51.7 Å². The van der Waals surface area contributed by atoms with Crippen LogP contribution >= 0.6 is 12.2 Å². The topological polar surface area (TPSA) is 38.5 Å². The van der Waals surface area contributed by atoms with Gasteiger partial charge in [-0.1, -0.05) is 18.6 Å². The molecule has 0 aromatic carbocycles. The van der Waals surface area contributed by atoms with E-state index in [0.29, 0.717) is 4.99 Å². The first-order chi connectivity index (χ1) is 7.40. The van der Waals surface area contributed by atoms with Gasteiger partial charge >= 0.3 is 0 Å². The fourth-order valence-electron chi connectivity index (χ4n) is 2.05. The fourth-order valence-corrected chi connectivity index (χ4v) is 2.32. The van der Waals surface area contributed by atoms with Gasteiger partial charge in [0.2, 0.25) is 0 Å². The molecular formula is C12H24N2OS. The third-order valence-electron chi connectivity index (χ3n) is 2.86. The quantitative estimate of drug-likeness (QED) is 0.767. The number of piperidine rings is 1. The Labute approximate surface area is 104 Å². The van der Waals surface area contributed by atoms with Gasteiger partial charge in [0.05, 0.1) is 23.2 Å². The summed E-state index contributed by atoms with van der Waals surface area (Å²) in [4.78, 5) is 2.99. The van der Waals surface area contributed by atoms with Gasteiger partial charge in [-0.25, -0.2) is 0 Å². The van der Waals surface area contributed by atoms with Crippen molar-refractivity contribution in [1.29, 1.82) is 0 Å². The lowest BCUT2D eigenvalue weighted by molar-refractivity contribution is -0.0172. The van der Waals surface area contributed by atoms with Crippen LogP contribution in [-0.2, 0) is 4.74 Å². The van der Waals surface area contributed by atoms with Crippen LogP contribution in [0.2, 0.25) is 0 Å². The lowest BCUT2D eigenvalue weighted by atomic mass is 10.0. The summed E-state index contributed by atoms with van der Waals surface area (Å²) in [5.74, 6) is 0. The summed E-state index contributed by atoms with van der Waals surface area (Å²) < 4.78 is 5.73. The van der Waals surface area contributed by atoms with Gasteiger partial charge in [0.15, 0.2) is 0 Å². The second-order valence-corrected chi connectivity index (χ2v) is 5.88. The van der Waals surface area contributed by atoms with E-state index in [1.54, 1.807) is 0 Å². The molecule has 1 unspecified atom stereocenters. The molecule has 1 atom stereocenters. The summed E-state index contributed by atoms with van der Waals surface area (Å²) in [6, 6.07) is 0.285. The SMILES string of the molecule is CC(C)(C)OCCN1CCCCC1C(N)=S. The predicted octanol–water partition coefficient (Wildman–Crippen LogP) is 1.94. The highest BCUT2D eigenvalue weighted by atomic mass is 32.1. The van der Waals surface area contributed by atoms with Gasteiger partial charge < -0.3 is 10.5 Å². The predicted molar refractivity (Wildman–Crippen MR) is 71.7 cm³/mol. The Morgan fingerprint density at radius 1 is 1.44 bits per heavy atom. The van der Waals surface area contributed by atoms with E-state index in [1.807, 2.05) is 0 Å². The molecule has 0 spiro atoms. The molecule has 1 saturated heterocycles. The number of thiocarbonyl (C=S) groups is 1. The lowest BCUT2D eigenvalue weighted by Gasteiger charge is -2.35. The molecule has 0 bridgehead atoms. The molecule has 0 amide bonds.